The minimum Gasteiger partial charge on any atom is -0.478 e. The van der Waals surface area contributed by atoms with E-state index in [9.17, 15) is 26.3 Å². The summed E-state index contributed by atoms with van der Waals surface area (Å²) < 4.78 is 78.4. The van der Waals surface area contributed by atoms with Gasteiger partial charge in [-0.25, -0.2) is 4.98 Å². The van der Waals surface area contributed by atoms with Gasteiger partial charge in [0.2, 0.25) is 11.8 Å². The predicted octanol–water partition coefficient (Wildman–Crippen LogP) is 3.65. The van der Waals surface area contributed by atoms with Crippen molar-refractivity contribution in [3.63, 3.8) is 0 Å². The summed E-state index contributed by atoms with van der Waals surface area (Å²) in [4.78, 5) is 6.90. The highest BCUT2D eigenvalue weighted by molar-refractivity contribution is 5.31. The topological polar surface area (TPSA) is 47.0 Å². The summed E-state index contributed by atoms with van der Waals surface area (Å²) in [6, 6.07) is 0.550. The van der Waals surface area contributed by atoms with Crippen LogP contribution in [0, 0.1) is 0 Å². The molecule has 0 aromatic carbocycles. The Balaban J connectivity index is 2.74. The molecule has 4 nitrogen and oxygen atoms in total. The molecule has 1 heterocycles. The van der Waals surface area contributed by atoms with Crippen molar-refractivity contribution in [3.05, 3.63) is 11.8 Å². The van der Waals surface area contributed by atoms with Gasteiger partial charge in [-0.3, -0.25) is 0 Å². The Morgan fingerprint density at radius 2 is 1.81 bits per heavy atom. The molecule has 0 amide bonds. The van der Waals surface area contributed by atoms with Crippen LogP contribution in [-0.4, -0.2) is 29.3 Å². The number of ether oxygens (including phenoxy) is 1. The second-order valence-corrected chi connectivity index (χ2v) is 4.01. The largest absolute Gasteiger partial charge is 0.478 e. The normalized spacial score (nSPS) is 12.3. The van der Waals surface area contributed by atoms with E-state index in [1.807, 2.05) is 0 Å². The number of aromatic nitrogens is 2. The van der Waals surface area contributed by atoms with Crippen LogP contribution >= 0.6 is 0 Å². The lowest BCUT2D eigenvalue weighted by Crippen LogP contribution is -2.14. The maximum atomic E-state index is 12.6. The first-order valence-corrected chi connectivity index (χ1v) is 6.01. The fraction of sp³-hybridized carbons (Fsp3) is 0.636. The van der Waals surface area contributed by atoms with Gasteiger partial charge in [0.05, 0.1) is 6.61 Å². The van der Waals surface area contributed by atoms with Gasteiger partial charge in [-0.2, -0.15) is 31.3 Å². The summed E-state index contributed by atoms with van der Waals surface area (Å²) in [7, 11) is 0. The Morgan fingerprint density at radius 3 is 2.33 bits per heavy atom. The van der Waals surface area contributed by atoms with Gasteiger partial charge in [0, 0.05) is 19.0 Å². The summed E-state index contributed by atoms with van der Waals surface area (Å²) in [5.74, 6) is -0.714. The van der Waals surface area contributed by atoms with Crippen LogP contribution in [0.1, 0.15) is 25.5 Å². The standard InChI is InChI=1S/C11H13F6N3O/c1-2-18-9-19-7(11(15,16)17)6-8(20-9)21-5-3-4-10(12,13)14/h6H,2-5H2,1H3,(H,18,19,20). The van der Waals surface area contributed by atoms with E-state index in [-0.39, 0.29) is 25.5 Å². The summed E-state index contributed by atoms with van der Waals surface area (Å²) in [5, 5.41) is 2.49. The minimum absolute atomic E-state index is 0.287. The Hall–Kier alpha value is -1.74. The number of hydrogen-bond acceptors (Lipinski definition) is 4. The molecule has 120 valence electrons. The quantitative estimate of drug-likeness (QED) is 0.643. The lowest BCUT2D eigenvalue weighted by Gasteiger charge is -2.12. The molecule has 1 rings (SSSR count). The molecular weight excluding hydrogens is 304 g/mol. The van der Waals surface area contributed by atoms with Crippen molar-refractivity contribution < 1.29 is 31.1 Å². The van der Waals surface area contributed by atoms with E-state index in [1.54, 1.807) is 6.92 Å². The zero-order valence-electron chi connectivity index (χ0n) is 11.0. The van der Waals surface area contributed by atoms with Crippen LogP contribution in [0.25, 0.3) is 0 Å². The summed E-state index contributed by atoms with van der Waals surface area (Å²) in [5.41, 5.74) is -1.22. The first-order valence-electron chi connectivity index (χ1n) is 6.01. The van der Waals surface area contributed by atoms with Crippen molar-refractivity contribution in [1.82, 2.24) is 9.97 Å². The maximum Gasteiger partial charge on any atom is 0.433 e. The van der Waals surface area contributed by atoms with E-state index in [0.29, 0.717) is 6.07 Å². The highest BCUT2D eigenvalue weighted by atomic mass is 19.4. The predicted molar refractivity (Wildman–Crippen MR) is 62.0 cm³/mol. The van der Waals surface area contributed by atoms with Gasteiger partial charge in [-0.15, -0.1) is 0 Å². The average molecular weight is 317 g/mol. The van der Waals surface area contributed by atoms with Crippen molar-refractivity contribution in [2.75, 3.05) is 18.5 Å². The molecule has 1 aromatic heterocycles. The van der Waals surface area contributed by atoms with Crippen LogP contribution in [0.3, 0.4) is 0 Å². The third-order valence-electron chi connectivity index (χ3n) is 2.18. The Labute approximate surface area is 116 Å². The molecule has 0 saturated carbocycles. The van der Waals surface area contributed by atoms with Gasteiger partial charge in [-0.1, -0.05) is 0 Å². The molecular formula is C11H13F6N3O. The van der Waals surface area contributed by atoms with Gasteiger partial charge in [-0.05, 0) is 13.3 Å². The van der Waals surface area contributed by atoms with E-state index in [2.05, 4.69) is 15.3 Å². The first kappa shape index (κ1) is 17.3. The highest BCUT2D eigenvalue weighted by Gasteiger charge is 2.34. The van der Waals surface area contributed by atoms with Crippen LogP contribution in [-0.2, 0) is 6.18 Å². The van der Waals surface area contributed by atoms with E-state index in [0.717, 1.165) is 0 Å². The zero-order chi connectivity index (χ0) is 16.1. The third kappa shape index (κ3) is 6.50. The lowest BCUT2D eigenvalue weighted by molar-refractivity contribution is -0.141. The Bertz CT molecular complexity index is 460. The van der Waals surface area contributed by atoms with Crippen LogP contribution in [0.15, 0.2) is 6.07 Å². The van der Waals surface area contributed by atoms with Crippen molar-refractivity contribution in [2.45, 2.75) is 32.1 Å². The molecule has 0 aliphatic rings. The monoisotopic (exact) mass is 317 g/mol. The second-order valence-electron chi connectivity index (χ2n) is 4.01. The van der Waals surface area contributed by atoms with E-state index in [4.69, 9.17) is 4.74 Å². The van der Waals surface area contributed by atoms with Gasteiger partial charge >= 0.3 is 12.4 Å². The number of anilines is 1. The SMILES string of the molecule is CCNc1nc(OCCCC(F)(F)F)cc(C(F)(F)F)n1. The molecule has 0 atom stereocenters. The van der Waals surface area contributed by atoms with Gasteiger partial charge < -0.3 is 10.1 Å². The van der Waals surface area contributed by atoms with Crippen LogP contribution in [0.2, 0.25) is 0 Å². The first-order chi connectivity index (χ1) is 9.62. The molecule has 10 heteroatoms. The number of halogens is 6. The smallest absolute Gasteiger partial charge is 0.433 e. The highest BCUT2D eigenvalue weighted by Crippen LogP contribution is 2.30. The fourth-order valence-corrected chi connectivity index (χ4v) is 1.33. The fourth-order valence-electron chi connectivity index (χ4n) is 1.33. The number of nitrogens with one attached hydrogen (secondary N) is 1. The number of hydrogen-bond donors (Lipinski definition) is 1. The minimum atomic E-state index is -4.70. The maximum absolute atomic E-state index is 12.6. The van der Waals surface area contributed by atoms with Gasteiger partial charge in [0.15, 0.2) is 5.69 Å². The van der Waals surface area contributed by atoms with Crippen molar-refractivity contribution in [1.29, 1.82) is 0 Å². The van der Waals surface area contributed by atoms with Crippen LogP contribution < -0.4 is 10.1 Å². The molecule has 1 N–H and O–H groups in total. The molecule has 0 radical (unpaired) electrons. The number of alkyl halides is 6. The molecule has 0 fully saturated rings. The molecule has 0 bridgehead atoms. The zero-order valence-corrected chi connectivity index (χ0v) is 11.0. The molecule has 0 saturated heterocycles. The van der Waals surface area contributed by atoms with E-state index < -0.39 is 30.3 Å². The second kappa shape index (κ2) is 6.81. The Kier molecular flexibility index (Phi) is 5.62. The molecule has 0 aliphatic carbocycles. The van der Waals surface area contributed by atoms with Crippen molar-refractivity contribution >= 4 is 5.95 Å². The third-order valence-corrected chi connectivity index (χ3v) is 2.18. The van der Waals surface area contributed by atoms with Gasteiger partial charge in [0.25, 0.3) is 0 Å². The van der Waals surface area contributed by atoms with Crippen molar-refractivity contribution in [3.8, 4) is 5.88 Å². The average Bonchev–Trinajstić information content (AvgIpc) is 2.33. The summed E-state index contributed by atoms with van der Waals surface area (Å²) in [6.45, 7) is 1.53. The Morgan fingerprint density at radius 1 is 1.14 bits per heavy atom. The lowest BCUT2D eigenvalue weighted by atomic mass is 10.3. The van der Waals surface area contributed by atoms with E-state index >= 15 is 0 Å². The molecule has 0 spiro atoms. The van der Waals surface area contributed by atoms with Gasteiger partial charge in [0.1, 0.15) is 0 Å². The number of nitrogens with zero attached hydrogens (tertiary/aromatic N) is 2. The van der Waals surface area contributed by atoms with Crippen LogP contribution in [0.5, 0.6) is 5.88 Å². The molecule has 21 heavy (non-hydrogen) atoms. The molecule has 0 aliphatic heterocycles. The summed E-state index contributed by atoms with van der Waals surface area (Å²) in [6.07, 6.45) is -10.5. The van der Waals surface area contributed by atoms with E-state index in [1.165, 1.54) is 0 Å². The van der Waals surface area contributed by atoms with Crippen LogP contribution in [0.4, 0.5) is 32.3 Å². The molecule has 1 aromatic rings. The number of rotatable bonds is 6. The summed E-state index contributed by atoms with van der Waals surface area (Å²) >= 11 is 0. The van der Waals surface area contributed by atoms with Crippen molar-refractivity contribution in [2.24, 2.45) is 0 Å². The molecule has 0 unspecified atom stereocenters.